The minimum atomic E-state index is -0.484. The van der Waals surface area contributed by atoms with Crippen LogP contribution in [0.1, 0.15) is 38.3 Å². The van der Waals surface area contributed by atoms with E-state index >= 15 is 0 Å². The quantitative estimate of drug-likeness (QED) is 0.378. The third-order valence-corrected chi connectivity index (χ3v) is 2.47. The van der Waals surface area contributed by atoms with Crippen LogP contribution in [0.5, 0.6) is 0 Å². The summed E-state index contributed by atoms with van der Waals surface area (Å²) in [7, 11) is 0. The Hall–Kier alpha value is -2.30. The van der Waals surface area contributed by atoms with Gasteiger partial charge < -0.3 is 15.3 Å². The van der Waals surface area contributed by atoms with E-state index < -0.39 is 11.7 Å². The second-order valence-corrected chi connectivity index (χ2v) is 5.49. The summed E-state index contributed by atoms with van der Waals surface area (Å²) in [5.74, 6) is 0. The Balaban J connectivity index is 2.41. The van der Waals surface area contributed by atoms with E-state index in [0.717, 1.165) is 11.1 Å². The molecule has 1 aromatic carbocycles. The first-order chi connectivity index (χ1) is 9.92. The number of carbonyl (C=O) groups excluding carboxylic acids is 1. The highest BCUT2D eigenvalue weighted by Gasteiger charge is 2.15. The highest BCUT2D eigenvalue weighted by Crippen LogP contribution is 2.09. The van der Waals surface area contributed by atoms with E-state index in [0.29, 0.717) is 13.0 Å². The van der Waals surface area contributed by atoms with Gasteiger partial charge in [0.1, 0.15) is 5.60 Å². The number of nitrogens with zero attached hydrogens (tertiary/aromatic N) is 1. The zero-order chi connectivity index (χ0) is 15.7. The Morgan fingerprint density at radius 1 is 1.33 bits per heavy atom. The molecule has 0 aliphatic rings. The summed E-state index contributed by atoms with van der Waals surface area (Å²) in [5.41, 5.74) is 1.30. The Kier molecular flexibility index (Phi) is 6.46. The molecule has 0 radical (unpaired) electrons. The number of ether oxygens (including phenoxy) is 1. The summed E-state index contributed by atoms with van der Waals surface area (Å²) >= 11 is 0. The first kappa shape index (κ1) is 16.8. The number of amides is 1. The Bertz CT molecular complexity index is 516. The molecule has 0 atom stereocenters. The predicted octanol–water partition coefficient (Wildman–Crippen LogP) is 3.42. The third kappa shape index (κ3) is 7.15. The van der Waals surface area contributed by atoms with E-state index in [2.05, 4.69) is 10.5 Å². The van der Waals surface area contributed by atoms with Gasteiger partial charge in [-0.05, 0) is 32.8 Å². The Labute approximate surface area is 125 Å². The maximum Gasteiger partial charge on any atom is 0.407 e. The summed E-state index contributed by atoms with van der Waals surface area (Å²) in [6, 6.07) is 7.57. The fourth-order valence-corrected chi connectivity index (χ4v) is 1.62. The van der Waals surface area contributed by atoms with E-state index in [1.165, 1.54) is 6.21 Å². The van der Waals surface area contributed by atoms with Crippen LogP contribution < -0.4 is 5.32 Å². The standard InChI is InChI=1S/C16H22N2O3/c1-16(2,3)21-15(19)17-11-7-6-9-13-8-4-5-10-14(13)12-18-20/h4-6,8-10,12,20H,7,11H2,1-3H3,(H,17,19). The van der Waals surface area contributed by atoms with Gasteiger partial charge >= 0.3 is 6.09 Å². The van der Waals surface area contributed by atoms with Crippen molar-refractivity contribution in [1.82, 2.24) is 5.32 Å². The van der Waals surface area contributed by atoms with Crippen LogP contribution in [0.3, 0.4) is 0 Å². The fraction of sp³-hybridized carbons (Fsp3) is 0.375. The molecule has 0 unspecified atom stereocenters. The molecule has 0 bridgehead atoms. The minimum absolute atomic E-state index is 0.413. The number of rotatable bonds is 5. The lowest BCUT2D eigenvalue weighted by Gasteiger charge is -2.19. The molecule has 2 N–H and O–H groups in total. The maximum atomic E-state index is 11.4. The van der Waals surface area contributed by atoms with E-state index in [1.807, 2.05) is 57.2 Å². The van der Waals surface area contributed by atoms with Crippen LogP contribution in [0.2, 0.25) is 0 Å². The number of alkyl carbamates (subject to hydrolysis) is 1. The van der Waals surface area contributed by atoms with Crippen molar-refractivity contribution in [2.45, 2.75) is 32.8 Å². The molecule has 1 aromatic rings. The second kappa shape index (κ2) is 8.09. The van der Waals surface area contributed by atoms with Crippen LogP contribution in [0.25, 0.3) is 6.08 Å². The molecule has 0 spiro atoms. The van der Waals surface area contributed by atoms with Gasteiger partial charge in [-0.1, -0.05) is 41.6 Å². The van der Waals surface area contributed by atoms with Crippen molar-refractivity contribution in [2.24, 2.45) is 5.16 Å². The highest BCUT2D eigenvalue weighted by atomic mass is 16.6. The smallest absolute Gasteiger partial charge is 0.407 e. The minimum Gasteiger partial charge on any atom is -0.444 e. The molecule has 0 heterocycles. The number of hydrogen-bond acceptors (Lipinski definition) is 4. The van der Waals surface area contributed by atoms with E-state index in [-0.39, 0.29) is 0 Å². The van der Waals surface area contributed by atoms with Crippen molar-refractivity contribution in [2.75, 3.05) is 6.54 Å². The van der Waals surface area contributed by atoms with Crippen LogP contribution >= 0.6 is 0 Å². The highest BCUT2D eigenvalue weighted by molar-refractivity contribution is 5.84. The third-order valence-electron chi connectivity index (χ3n) is 2.47. The van der Waals surface area contributed by atoms with Crippen LogP contribution in [-0.2, 0) is 4.74 Å². The van der Waals surface area contributed by atoms with E-state index in [4.69, 9.17) is 9.94 Å². The Morgan fingerprint density at radius 2 is 2.00 bits per heavy atom. The Morgan fingerprint density at radius 3 is 2.62 bits per heavy atom. The molecule has 5 heteroatoms. The number of benzene rings is 1. The first-order valence-electron chi connectivity index (χ1n) is 6.82. The summed E-state index contributed by atoms with van der Waals surface area (Å²) in [4.78, 5) is 11.4. The van der Waals surface area contributed by atoms with Crippen LogP contribution in [0, 0.1) is 0 Å². The molecule has 1 amide bonds. The van der Waals surface area contributed by atoms with Crippen LogP contribution in [0.15, 0.2) is 35.5 Å². The number of hydrogen-bond donors (Lipinski definition) is 2. The lowest BCUT2D eigenvalue weighted by atomic mass is 10.1. The zero-order valence-electron chi connectivity index (χ0n) is 12.7. The number of nitrogens with one attached hydrogen (secondary N) is 1. The van der Waals surface area contributed by atoms with Crippen molar-refractivity contribution in [3.8, 4) is 0 Å². The molecule has 0 fully saturated rings. The van der Waals surface area contributed by atoms with Crippen molar-refractivity contribution in [3.05, 3.63) is 41.5 Å². The topological polar surface area (TPSA) is 70.9 Å². The fourth-order valence-electron chi connectivity index (χ4n) is 1.62. The normalized spacial score (nSPS) is 12.0. The lowest BCUT2D eigenvalue weighted by molar-refractivity contribution is 0.0529. The van der Waals surface area contributed by atoms with Gasteiger partial charge in [0, 0.05) is 12.1 Å². The number of carbonyl (C=O) groups is 1. The van der Waals surface area contributed by atoms with Crippen molar-refractivity contribution in [1.29, 1.82) is 0 Å². The van der Waals surface area contributed by atoms with Gasteiger partial charge in [-0.15, -0.1) is 0 Å². The van der Waals surface area contributed by atoms with Gasteiger partial charge in [-0.25, -0.2) is 4.79 Å². The largest absolute Gasteiger partial charge is 0.444 e. The molecule has 21 heavy (non-hydrogen) atoms. The summed E-state index contributed by atoms with van der Waals surface area (Å²) in [5, 5.41) is 14.3. The molecule has 0 aromatic heterocycles. The summed E-state index contributed by atoms with van der Waals surface area (Å²) in [6.07, 6.45) is 5.53. The van der Waals surface area contributed by atoms with Gasteiger partial charge in [0.05, 0.1) is 6.21 Å². The number of oxime groups is 1. The van der Waals surface area contributed by atoms with Crippen LogP contribution in [0.4, 0.5) is 4.79 Å². The molecule has 5 nitrogen and oxygen atoms in total. The van der Waals surface area contributed by atoms with Gasteiger partial charge in [0.2, 0.25) is 0 Å². The van der Waals surface area contributed by atoms with Crippen molar-refractivity contribution in [3.63, 3.8) is 0 Å². The average molecular weight is 290 g/mol. The molecule has 0 aliphatic heterocycles. The zero-order valence-corrected chi connectivity index (χ0v) is 12.7. The van der Waals surface area contributed by atoms with Crippen molar-refractivity contribution < 1.29 is 14.7 Å². The van der Waals surface area contributed by atoms with Crippen LogP contribution in [-0.4, -0.2) is 29.7 Å². The van der Waals surface area contributed by atoms with Gasteiger partial charge in [-0.3, -0.25) is 0 Å². The average Bonchev–Trinajstić information content (AvgIpc) is 2.38. The molecular formula is C16H22N2O3. The molecule has 0 saturated heterocycles. The second-order valence-electron chi connectivity index (χ2n) is 5.49. The maximum absolute atomic E-state index is 11.4. The molecule has 1 rings (SSSR count). The monoisotopic (exact) mass is 290 g/mol. The van der Waals surface area contributed by atoms with E-state index in [9.17, 15) is 4.79 Å². The van der Waals surface area contributed by atoms with Gasteiger partial charge in [0.25, 0.3) is 0 Å². The first-order valence-corrected chi connectivity index (χ1v) is 6.82. The van der Waals surface area contributed by atoms with Gasteiger partial charge in [0.15, 0.2) is 0 Å². The lowest BCUT2D eigenvalue weighted by Crippen LogP contribution is -2.32. The molecular weight excluding hydrogens is 268 g/mol. The summed E-state index contributed by atoms with van der Waals surface area (Å²) in [6.45, 7) is 5.98. The molecule has 0 aliphatic carbocycles. The van der Waals surface area contributed by atoms with E-state index in [1.54, 1.807) is 0 Å². The van der Waals surface area contributed by atoms with Crippen molar-refractivity contribution >= 4 is 18.4 Å². The predicted molar refractivity (Wildman–Crippen MR) is 83.7 cm³/mol. The summed E-state index contributed by atoms with van der Waals surface area (Å²) < 4.78 is 5.13. The molecule has 114 valence electrons. The van der Waals surface area contributed by atoms with Gasteiger partial charge in [-0.2, -0.15) is 0 Å². The SMILES string of the molecule is CC(C)(C)OC(=O)NCCC=Cc1ccccc1C=NO. The molecule has 0 saturated carbocycles.